The Balaban J connectivity index is 2.01. The number of nitrogens with zero attached hydrogens (tertiary/aromatic N) is 2. The van der Waals surface area contributed by atoms with Gasteiger partial charge in [0.1, 0.15) is 6.04 Å². The summed E-state index contributed by atoms with van der Waals surface area (Å²) in [4.78, 5) is 39.8. The van der Waals surface area contributed by atoms with Gasteiger partial charge in [-0.25, -0.2) is 5.06 Å². The van der Waals surface area contributed by atoms with Crippen LogP contribution in [0.5, 0.6) is 0 Å². The largest absolute Gasteiger partial charge is 0.379 e. The Morgan fingerprint density at radius 1 is 1.17 bits per heavy atom. The maximum Gasteiger partial charge on any atom is 0.243 e. The van der Waals surface area contributed by atoms with E-state index in [1.807, 2.05) is 51.1 Å². The van der Waals surface area contributed by atoms with Crippen LogP contribution < -0.4 is 10.6 Å². The highest BCUT2D eigenvalue weighted by molar-refractivity contribution is 5.89. The summed E-state index contributed by atoms with van der Waals surface area (Å²) in [6.45, 7) is 11.6. The zero-order chi connectivity index (χ0) is 25.8. The van der Waals surface area contributed by atoms with Crippen LogP contribution in [0.4, 0.5) is 0 Å². The molecular weight excluding hydrogens is 448 g/mol. The number of morpholine rings is 1. The number of carbonyl (C=O) groups is 3. The second-order valence-electron chi connectivity index (χ2n) is 10.3. The van der Waals surface area contributed by atoms with Crippen molar-refractivity contribution in [2.75, 3.05) is 39.4 Å². The zero-order valence-electron chi connectivity index (χ0n) is 21.5. The van der Waals surface area contributed by atoms with Gasteiger partial charge in [0.05, 0.1) is 25.2 Å². The molecule has 3 N–H and O–H groups in total. The molecule has 9 nitrogen and oxygen atoms in total. The first kappa shape index (κ1) is 28.7. The van der Waals surface area contributed by atoms with Crippen molar-refractivity contribution in [3.63, 3.8) is 0 Å². The standard InChI is InChI=1S/C26H42N4O5/c1-20(30(34)19-31)22(12-8-11-21-9-6-5-7-10-21)24(32)28-23(26(2,3)4)25(33)27-13-14-29-15-17-35-18-16-29/h5-7,9-10,19-20,22-23,34H,8,11-18H2,1-4H3,(H,27,33)(H,28,32). The van der Waals surface area contributed by atoms with Crippen molar-refractivity contribution >= 4 is 18.2 Å². The molecule has 35 heavy (non-hydrogen) atoms. The number of hydrogen-bond donors (Lipinski definition) is 3. The van der Waals surface area contributed by atoms with Gasteiger partial charge in [-0.2, -0.15) is 0 Å². The van der Waals surface area contributed by atoms with Gasteiger partial charge in [0.2, 0.25) is 18.2 Å². The minimum absolute atomic E-state index is 0.244. The smallest absolute Gasteiger partial charge is 0.243 e. The summed E-state index contributed by atoms with van der Waals surface area (Å²) in [6.07, 6.45) is 2.24. The summed E-state index contributed by atoms with van der Waals surface area (Å²) >= 11 is 0. The molecule has 3 amide bonds. The van der Waals surface area contributed by atoms with Crippen LogP contribution in [-0.4, -0.2) is 84.9 Å². The van der Waals surface area contributed by atoms with E-state index < -0.39 is 23.4 Å². The summed E-state index contributed by atoms with van der Waals surface area (Å²) in [6, 6.07) is 8.46. The predicted octanol–water partition coefficient (Wildman–Crippen LogP) is 1.84. The Morgan fingerprint density at radius 3 is 2.43 bits per heavy atom. The molecular formula is C26H42N4O5. The van der Waals surface area contributed by atoms with Crippen molar-refractivity contribution in [2.24, 2.45) is 11.3 Å². The number of aryl methyl sites for hydroxylation is 1. The van der Waals surface area contributed by atoms with Gasteiger partial charge in [-0.1, -0.05) is 51.1 Å². The molecule has 1 aliphatic rings. The number of benzene rings is 1. The maximum absolute atomic E-state index is 13.4. The molecule has 0 saturated carbocycles. The maximum atomic E-state index is 13.4. The van der Waals surface area contributed by atoms with Gasteiger partial charge in [-0.15, -0.1) is 0 Å². The number of rotatable bonds is 13. The van der Waals surface area contributed by atoms with Crippen molar-refractivity contribution < 1.29 is 24.3 Å². The minimum atomic E-state index is -0.758. The molecule has 1 heterocycles. The molecule has 196 valence electrons. The number of amides is 3. The van der Waals surface area contributed by atoms with Crippen molar-refractivity contribution in [1.29, 1.82) is 0 Å². The fourth-order valence-electron chi connectivity index (χ4n) is 4.23. The number of carbonyl (C=O) groups excluding carboxylic acids is 3. The first-order chi connectivity index (χ1) is 16.6. The molecule has 0 aromatic heterocycles. The fourth-order valence-corrected chi connectivity index (χ4v) is 4.23. The summed E-state index contributed by atoms with van der Waals surface area (Å²) in [5.74, 6) is -1.26. The van der Waals surface area contributed by atoms with E-state index >= 15 is 0 Å². The average molecular weight is 491 g/mol. The highest BCUT2D eigenvalue weighted by Crippen LogP contribution is 2.23. The van der Waals surface area contributed by atoms with Crippen LogP contribution in [0.2, 0.25) is 0 Å². The highest BCUT2D eigenvalue weighted by Gasteiger charge is 2.36. The van der Waals surface area contributed by atoms with Crippen molar-refractivity contribution in [3.8, 4) is 0 Å². The average Bonchev–Trinajstić information content (AvgIpc) is 2.84. The summed E-state index contributed by atoms with van der Waals surface area (Å²) in [5, 5.41) is 16.4. The van der Waals surface area contributed by atoms with Gasteiger partial charge in [-0.3, -0.25) is 24.5 Å². The predicted molar refractivity (Wildman–Crippen MR) is 134 cm³/mol. The lowest BCUT2D eigenvalue weighted by Gasteiger charge is -2.34. The molecule has 9 heteroatoms. The van der Waals surface area contributed by atoms with E-state index in [0.29, 0.717) is 44.1 Å². The normalized spacial score (nSPS) is 17.2. The number of hydroxylamine groups is 2. The Morgan fingerprint density at radius 2 is 1.83 bits per heavy atom. The van der Waals surface area contributed by atoms with Crippen LogP contribution in [-0.2, 0) is 25.5 Å². The van der Waals surface area contributed by atoms with Crippen LogP contribution in [0, 0.1) is 11.3 Å². The molecule has 1 aromatic rings. The van der Waals surface area contributed by atoms with Crippen LogP contribution in [0.3, 0.4) is 0 Å². The van der Waals surface area contributed by atoms with Crippen LogP contribution in [0.15, 0.2) is 30.3 Å². The fraction of sp³-hybridized carbons (Fsp3) is 0.654. The zero-order valence-corrected chi connectivity index (χ0v) is 21.5. The molecule has 3 unspecified atom stereocenters. The van der Waals surface area contributed by atoms with E-state index in [1.165, 1.54) is 0 Å². The van der Waals surface area contributed by atoms with Crippen LogP contribution in [0.1, 0.15) is 46.1 Å². The minimum Gasteiger partial charge on any atom is -0.379 e. The third-order valence-electron chi connectivity index (χ3n) is 6.51. The van der Waals surface area contributed by atoms with Crippen molar-refractivity contribution in [2.45, 2.75) is 59.0 Å². The third kappa shape index (κ3) is 9.58. The van der Waals surface area contributed by atoms with Gasteiger partial charge in [0, 0.05) is 26.2 Å². The molecule has 1 saturated heterocycles. The van der Waals surface area contributed by atoms with Gasteiger partial charge in [-0.05, 0) is 37.2 Å². The summed E-state index contributed by atoms with van der Waals surface area (Å²) < 4.78 is 5.35. The Hall–Kier alpha value is -2.49. The first-order valence-electron chi connectivity index (χ1n) is 12.5. The lowest BCUT2D eigenvalue weighted by Crippen LogP contribution is -2.57. The Kier molecular flexibility index (Phi) is 11.6. The second kappa shape index (κ2) is 14.2. The van der Waals surface area contributed by atoms with E-state index in [2.05, 4.69) is 15.5 Å². The van der Waals surface area contributed by atoms with E-state index in [9.17, 15) is 19.6 Å². The van der Waals surface area contributed by atoms with E-state index in [-0.39, 0.29) is 11.8 Å². The summed E-state index contributed by atoms with van der Waals surface area (Å²) in [7, 11) is 0. The molecule has 0 aliphatic carbocycles. The monoisotopic (exact) mass is 490 g/mol. The number of hydrogen-bond acceptors (Lipinski definition) is 6. The van der Waals surface area contributed by atoms with E-state index in [1.54, 1.807) is 6.92 Å². The molecule has 0 bridgehead atoms. The van der Waals surface area contributed by atoms with Crippen LogP contribution in [0.25, 0.3) is 0 Å². The molecule has 1 aromatic carbocycles. The molecule has 3 atom stereocenters. The van der Waals surface area contributed by atoms with E-state index in [0.717, 1.165) is 31.6 Å². The van der Waals surface area contributed by atoms with Gasteiger partial charge in [0.25, 0.3) is 0 Å². The van der Waals surface area contributed by atoms with Gasteiger partial charge < -0.3 is 15.4 Å². The van der Waals surface area contributed by atoms with Crippen molar-refractivity contribution in [3.05, 3.63) is 35.9 Å². The Bertz CT molecular complexity index is 793. The Labute approximate surface area is 209 Å². The lowest BCUT2D eigenvalue weighted by molar-refractivity contribution is -0.166. The molecule has 2 rings (SSSR count). The van der Waals surface area contributed by atoms with Gasteiger partial charge in [0.15, 0.2) is 0 Å². The number of ether oxygens (including phenoxy) is 1. The number of nitrogens with one attached hydrogen (secondary N) is 2. The van der Waals surface area contributed by atoms with Crippen LogP contribution >= 0.6 is 0 Å². The molecule has 1 fully saturated rings. The van der Waals surface area contributed by atoms with Crippen molar-refractivity contribution in [1.82, 2.24) is 20.6 Å². The first-order valence-corrected chi connectivity index (χ1v) is 12.5. The molecule has 0 spiro atoms. The van der Waals surface area contributed by atoms with Gasteiger partial charge >= 0.3 is 0 Å². The quantitative estimate of drug-likeness (QED) is 0.221. The SMILES string of the molecule is CC(C(CCCc1ccccc1)C(=O)NC(C(=O)NCCN1CCOCC1)C(C)(C)C)N(O)C=O. The van der Waals surface area contributed by atoms with E-state index in [4.69, 9.17) is 4.74 Å². The third-order valence-corrected chi connectivity index (χ3v) is 6.51. The molecule has 1 aliphatic heterocycles. The highest BCUT2D eigenvalue weighted by atomic mass is 16.5. The topological polar surface area (TPSA) is 111 Å². The molecule has 0 radical (unpaired) electrons. The summed E-state index contributed by atoms with van der Waals surface area (Å²) in [5.41, 5.74) is 0.628. The lowest BCUT2D eigenvalue weighted by atomic mass is 9.84. The second-order valence-corrected chi connectivity index (χ2v) is 10.3.